The predicted octanol–water partition coefficient (Wildman–Crippen LogP) is 4.47. The first-order valence-electron chi connectivity index (χ1n) is 8.98. The molecule has 0 aliphatic carbocycles. The van der Waals surface area contributed by atoms with Crippen LogP contribution in [0.4, 0.5) is 0 Å². The lowest BCUT2D eigenvalue weighted by Crippen LogP contribution is -2.15. The lowest BCUT2D eigenvalue weighted by atomic mass is 10.3. The molecule has 0 fully saturated rings. The topological polar surface area (TPSA) is 55.4 Å². The van der Waals surface area contributed by atoms with Gasteiger partial charge in [0.05, 0.1) is 26.4 Å². The van der Waals surface area contributed by atoms with Crippen LogP contribution in [0.2, 0.25) is 0 Å². The second-order valence-electron chi connectivity index (χ2n) is 5.80. The van der Waals surface area contributed by atoms with Gasteiger partial charge in [-0.25, -0.2) is 0 Å². The Morgan fingerprint density at radius 2 is 0.821 bits per heavy atom. The Morgan fingerprint density at radius 3 is 1.29 bits per heavy atom. The third kappa shape index (κ3) is 6.84. The summed E-state index contributed by atoms with van der Waals surface area (Å²) in [6, 6.07) is 11.3. The molecule has 0 atom stereocenters. The first-order chi connectivity index (χ1) is 13.7. The van der Waals surface area contributed by atoms with Crippen LogP contribution in [-0.2, 0) is 9.47 Å². The van der Waals surface area contributed by atoms with Crippen molar-refractivity contribution in [2.24, 2.45) is 0 Å². The van der Waals surface area contributed by atoms with Crippen LogP contribution in [0, 0.1) is 0 Å². The highest BCUT2D eigenvalue weighted by molar-refractivity contribution is 9.10. The van der Waals surface area contributed by atoms with Gasteiger partial charge in [-0.3, -0.25) is 0 Å². The highest BCUT2D eigenvalue weighted by Gasteiger charge is 2.09. The van der Waals surface area contributed by atoms with Gasteiger partial charge in [0, 0.05) is 8.95 Å². The van der Waals surface area contributed by atoms with Crippen LogP contribution in [-0.4, -0.2) is 52.9 Å². The largest absolute Gasteiger partial charge is 0.487 e. The lowest BCUT2D eigenvalue weighted by Gasteiger charge is -2.16. The average Bonchev–Trinajstić information content (AvgIpc) is 2.68. The fourth-order valence-electron chi connectivity index (χ4n) is 2.47. The SMILES string of the molecule is Brc1ccc2c(c1)OCCOCCOCCOc1cc(Br)ccc1OCCO2. The molecule has 152 valence electrons. The maximum atomic E-state index is 5.85. The van der Waals surface area contributed by atoms with Crippen LogP contribution in [0.1, 0.15) is 0 Å². The lowest BCUT2D eigenvalue weighted by molar-refractivity contribution is 0.0264. The van der Waals surface area contributed by atoms with Gasteiger partial charge in [0.2, 0.25) is 0 Å². The van der Waals surface area contributed by atoms with Crippen LogP contribution in [0.3, 0.4) is 0 Å². The number of rotatable bonds is 0. The molecule has 0 aromatic heterocycles. The molecule has 0 N–H and O–H groups in total. The second kappa shape index (κ2) is 11.5. The van der Waals surface area contributed by atoms with Gasteiger partial charge in [0.15, 0.2) is 23.0 Å². The number of hydrogen-bond donors (Lipinski definition) is 0. The van der Waals surface area contributed by atoms with Crippen LogP contribution in [0.5, 0.6) is 23.0 Å². The molecule has 0 spiro atoms. The van der Waals surface area contributed by atoms with E-state index in [0.717, 1.165) is 8.95 Å². The molecule has 1 aliphatic heterocycles. The van der Waals surface area contributed by atoms with Gasteiger partial charge in [-0.15, -0.1) is 0 Å². The zero-order chi connectivity index (χ0) is 19.6. The minimum absolute atomic E-state index is 0.368. The van der Waals surface area contributed by atoms with E-state index in [1.54, 1.807) is 0 Å². The molecular formula is C20H22Br2O6. The first-order valence-corrected chi connectivity index (χ1v) is 10.6. The van der Waals surface area contributed by atoms with Gasteiger partial charge in [0.25, 0.3) is 0 Å². The van der Waals surface area contributed by atoms with E-state index in [-0.39, 0.29) is 0 Å². The average molecular weight is 518 g/mol. The van der Waals surface area contributed by atoms with E-state index in [4.69, 9.17) is 28.4 Å². The normalized spacial score (nSPS) is 16.6. The molecule has 6 nitrogen and oxygen atoms in total. The molecule has 0 saturated heterocycles. The molecule has 0 unspecified atom stereocenters. The van der Waals surface area contributed by atoms with Gasteiger partial charge in [-0.1, -0.05) is 31.9 Å². The molecule has 0 saturated carbocycles. The predicted molar refractivity (Wildman–Crippen MR) is 112 cm³/mol. The standard InChI is InChI=1S/C20H22Br2O6/c21-15-1-3-17-19(13-15)27-9-7-23-5-6-24-8-10-28-20-14-16(22)2-4-18(20)26-12-11-25-17/h1-4,13-14H,5-12H2. The summed E-state index contributed by atoms with van der Waals surface area (Å²) in [7, 11) is 0. The van der Waals surface area contributed by atoms with Crippen LogP contribution in [0.25, 0.3) is 0 Å². The molecule has 8 heteroatoms. The van der Waals surface area contributed by atoms with Crippen molar-refractivity contribution in [1.29, 1.82) is 0 Å². The maximum Gasteiger partial charge on any atom is 0.162 e. The van der Waals surface area contributed by atoms with Crippen molar-refractivity contribution >= 4 is 31.9 Å². The minimum Gasteiger partial charge on any atom is -0.487 e. The molecule has 3 rings (SSSR count). The summed E-state index contributed by atoms with van der Waals surface area (Å²) in [5.74, 6) is 2.62. The van der Waals surface area contributed by atoms with E-state index in [1.807, 2.05) is 36.4 Å². The summed E-state index contributed by atoms with van der Waals surface area (Å²) in [5, 5.41) is 0. The maximum absolute atomic E-state index is 5.85. The van der Waals surface area contributed by atoms with E-state index in [2.05, 4.69) is 31.9 Å². The summed E-state index contributed by atoms with van der Waals surface area (Å²) >= 11 is 6.91. The van der Waals surface area contributed by atoms with Crippen LogP contribution in [0.15, 0.2) is 45.3 Å². The number of fused-ring (bicyclic) bond motifs is 2. The Morgan fingerprint density at radius 1 is 0.464 bits per heavy atom. The summed E-state index contributed by atoms with van der Waals surface area (Å²) in [5.41, 5.74) is 0. The molecule has 2 aromatic carbocycles. The fourth-order valence-corrected chi connectivity index (χ4v) is 3.15. The molecule has 28 heavy (non-hydrogen) atoms. The summed E-state index contributed by atoms with van der Waals surface area (Å²) in [4.78, 5) is 0. The van der Waals surface area contributed by atoms with E-state index in [1.165, 1.54) is 0 Å². The number of benzene rings is 2. The van der Waals surface area contributed by atoms with Crippen molar-refractivity contribution in [2.45, 2.75) is 0 Å². The Bertz CT molecular complexity index is 692. The van der Waals surface area contributed by atoms with Crippen molar-refractivity contribution in [3.63, 3.8) is 0 Å². The second-order valence-corrected chi connectivity index (χ2v) is 7.63. The Kier molecular flexibility index (Phi) is 8.72. The van der Waals surface area contributed by atoms with Crippen molar-refractivity contribution in [3.05, 3.63) is 45.3 Å². The van der Waals surface area contributed by atoms with Gasteiger partial charge in [-0.05, 0) is 36.4 Å². The van der Waals surface area contributed by atoms with Crippen LogP contribution < -0.4 is 18.9 Å². The van der Waals surface area contributed by atoms with Crippen molar-refractivity contribution < 1.29 is 28.4 Å². The quantitative estimate of drug-likeness (QED) is 0.513. The molecule has 1 aliphatic rings. The minimum atomic E-state index is 0.368. The number of halogens is 2. The number of hydrogen-bond acceptors (Lipinski definition) is 6. The summed E-state index contributed by atoms with van der Waals surface area (Å²) < 4.78 is 36.2. The summed E-state index contributed by atoms with van der Waals surface area (Å²) in [6.07, 6.45) is 0. The Hall–Kier alpha value is -1.48. The van der Waals surface area contributed by atoms with E-state index < -0.39 is 0 Å². The monoisotopic (exact) mass is 516 g/mol. The molecular weight excluding hydrogens is 496 g/mol. The van der Waals surface area contributed by atoms with E-state index in [9.17, 15) is 0 Å². The third-order valence-electron chi connectivity index (χ3n) is 3.75. The Labute approximate surface area is 181 Å². The highest BCUT2D eigenvalue weighted by Crippen LogP contribution is 2.32. The van der Waals surface area contributed by atoms with Crippen LogP contribution >= 0.6 is 31.9 Å². The van der Waals surface area contributed by atoms with Crippen molar-refractivity contribution in [2.75, 3.05) is 52.9 Å². The first kappa shape index (κ1) is 21.2. The zero-order valence-corrected chi connectivity index (χ0v) is 18.5. The van der Waals surface area contributed by atoms with Crippen molar-refractivity contribution in [1.82, 2.24) is 0 Å². The van der Waals surface area contributed by atoms with E-state index >= 15 is 0 Å². The molecule has 0 radical (unpaired) electrons. The highest BCUT2D eigenvalue weighted by atomic mass is 79.9. The van der Waals surface area contributed by atoms with Crippen molar-refractivity contribution in [3.8, 4) is 23.0 Å². The fraction of sp³-hybridized carbons (Fsp3) is 0.400. The number of ether oxygens (including phenoxy) is 6. The van der Waals surface area contributed by atoms with Gasteiger partial charge in [-0.2, -0.15) is 0 Å². The van der Waals surface area contributed by atoms with Gasteiger partial charge >= 0.3 is 0 Å². The molecule has 0 amide bonds. The van der Waals surface area contributed by atoms with Gasteiger partial charge < -0.3 is 28.4 Å². The Balaban J connectivity index is 1.67. The zero-order valence-electron chi connectivity index (χ0n) is 15.3. The molecule has 2 aromatic rings. The molecule has 1 heterocycles. The molecule has 0 bridgehead atoms. The van der Waals surface area contributed by atoms with Gasteiger partial charge in [0.1, 0.15) is 26.4 Å². The third-order valence-corrected chi connectivity index (χ3v) is 4.74. The van der Waals surface area contributed by atoms with E-state index in [0.29, 0.717) is 75.9 Å². The summed E-state index contributed by atoms with van der Waals surface area (Å²) in [6.45, 7) is 3.52. The smallest absolute Gasteiger partial charge is 0.162 e.